The molecule has 4 rings (SSSR count). The van der Waals surface area contributed by atoms with Gasteiger partial charge in [-0.3, -0.25) is 19.9 Å². The Morgan fingerprint density at radius 2 is 1.94 bits per heavy atom. The van der Waals surface area contributed by atoms with Crippen LogP contribution in [0.5, 0.6) is 5.75 Å². The van der Waals surface area contributed by atoms with E-state index in [0.29, 0.717) is 6.54 Å². The minimum atomic E-state index is -3.95. The van der Waals surface area contributed by atoms with E-state index in [4.69, 9.17) is 4.74 Å². The first-order valence-corrected chi connectivity index (χ1v) is 12.4. The molecule has 0 spiro atoms. The minimum Gasteiger partial charge on any atom is -0.490 e. The fourth-order valence-electron chi connectivity index (χ4n) is 4.37. The molecule has 1 atom stereocenters. The summed E-state index contributed by atoms with van der Waals surface area (Å²) in [6, 6.07) is 3.58. The highest BCUT2D eigenvalue weighted by molar-refractivity contribution is 7.89. The Hall–Kier alpha value is -3.32. The Labute approximate surface area is 197 Å². The number of ether oxygens (including phenoxy) is 1. The number of anilines is 1. The number of aromatic nitrogens is 2. The van der Waals surface area contributed by atoms with Crippen LogP contribution in [0.2, 0.25) is 0 Å². The third-order valence-corrected chi connectivity index (χ3v) is 8.07. The van der Waals surface area contributed by atoms with E-state index in [2.05, 4.69) is 14.9 Å². The summed E-state index contributed by atoms with van der Waals surface area (Å²) in [4.78, 5) is 35.7. The van der Waals surface area contributed by atoms with Crippen molar-refractivity contribution < 1.29 is 22.9 Å². The molecule has 1 aromatic carbocycles. The molecule has 0 bridgehead atoms. The number of hydrogen-bond donors (Lipinski definition) is 0. The van der Waals surface area contributed by atoms with Crippen molar-refractivity contribution in [1.29, 1.82) is 0 Å². The number of piperidine rings is 1. The van der Waals surface area contributed by atoms with Gasteiger partial charge in [-0.1, -0.05) is 0 Å². The maximum atomic E-state index is 13.2. The molecule has 0 radical (unpaired) electrons. The molecule has 0 N–H and O–H groups in total. The molecule has 2 aliphatic heterocycles. The van der Waals surface area contributed by atoms with Crippen LogP contribution in [0.25, 0.3) is 0 Å². The van der Waals surface area contributed by atoms with Gasteiger partial charge in [0, 0.05) is 57.7 Å². The van der Waals surface area contributed by atoms with E-state index in [0.717, 1.165) is 31.3 Å². The van der Waals surface area contributed by atoms with Crippen molar-refractivity contribution in [3.63, 3.8) is 0 Å². The van der Waals surface area contributed by atoms with E-state index >= 15 is 0 Å². The zero-order valence-corrected chi connectivity index (χ0v) is 19.6. The highest BCUT2D eigenvalue weighted by Crippen LogP contribution is 2.31. The number of hydrogen-bond acceptors (Lipinski definition) is 9. The van der Waals surface area contributed by atoms with Gasteiger partial charge >= 0.3 is 5.69 Å². The summed E-state index contributed by atoms with van der Waals surface area (Å²) in [5, 5.41) is 11.3. The van der Waals surface area contributed by atoms with E-state index in [9.17, 15) is 23.3 Å². The van der Waals surface area contributed by atoms with Gasteiger partial charge < -0.3 is 14.5 Å². The van der Waals surface area contributed by atoms with Crippen molar-refractivity contribution >= 4 is 27.4 Å². The molecule has 182 valence electrons. The second-order valence-corrected chi connectivity index (χ2v) is 10.1. The summed E-state index contributed by atoms with van der Waals surface area (Å²) in [5.41, 5.74) is -0.414. The summed E-state index contributed by atoms with van der Waals surface area (Å²) in [5.74, 6) is 0.542. The van der Waals surface area contributed by atoms with Crippen LogP contribution in [-0.2, 0) is 14.8 Å². The number of carbonyl (C=O) groups is 1. The van der Waals surface area contributed by atoms with Crippen LogP contribution in [0.1, 0.15) is 12.8 Å². The summed E-state index contributed by atoms with van der Waals surface area (Å²) in [6.45, 7) is 2.12. The smallest absolute Gasteiger partial charge is 0.312 e. The minimum absolute atomic E-state index is 0.00530. The van der Waals surface area contributed by atoms with E-state index in [1.807, 2.05) is 0 Å². The Kier molecular flexibility index (Phi) is 6.93. The first-order chi connectivity index (χ1) is 16.3. The first kappa shape index (κ1) is 23.8. The standard InChI is InChI=1S/C21H26N6O6S/c1-33-19-5-4-17(13-18(19)27(29)30)34(31,32)26-11-9-24(10-12-26)21(28)16-3-2-8-25(15-16)20-14-22-6-7-23-20/h4-7,13-14,16H,2-3,8-12,15H2,1H3. The lowest BCUT2D eigenvalue weighted by Gasteiger charge is -2.38. The topological polar surface area (TPSA) is 139 Å². The van der Waals surface area contributed by atoms with Crippen molar-refractivity contribution in [1.82, 2.24) is 19.2 Å². The van der Waals surface area contributed by atoms with Crippen LogP contribution in [-0.4, -0.2) is 84.8 Å². The maximum absolute atomic E-state index is 13.2. The first-order valence-electron chi connectivity index (χ1n) is 10.9. The van der Waals surface area contributed by atoms with E-state index in [1.54, 1.807) is 23.5 Å². The SMILES string of the molecule is COc1ccc(S(=O)(=O)N2CCN(C(=O)C3CCCN(c4cnccn4)C3)CC2)cc1[N+](=O)[O-]. The van der Waals surface area contributed by atoms with Gasteiger partial charge in [0.25, 0.3) is 0 Å². The average Bonchev–Trinajstić information content (AvgIpc) is 2.88. The average molecular weight is 491 g/mol. The Balaban J connectivity index is 1.40. The van der Waals surface area contributed by atoms with Crippen LogP contribution in [0.4, 0.5) is 11.5 Å². The predicted octanol–water partition coefficient (Wildman–Crippen LogP) is 1.14. The van der Waals surface area contributed by atoms with Crippen molar-refractivity contribution in [2.75, 3.05) is 51.3 Å². The lowest BCUT2D eigenvalue weighted by molar-refractivity contribution is -0.386. The largest absolute Gasteiger partial charge is 0.490 e. The van der Waals surface area contributed by atoms with E-state index in [-0.39, 0.29) is 48.6 Å². The molecule has 1 unspecified atom stereocenters. The number of nitro groups is 1. The zero-order valence-electron chi connectivity index (χ0n) is 18.7. The van der Waals surface area contributed by atoms with Gasteiger partial charge in [-0.05, 0) is 25.0 Å². The molecule has 1 aromatic heterocycles. The van der Waals surface area contributed by atoms with Gasteiger partial charge in [0.05, 0.1) is 29.0 Å². The normalized spacial score (nSPS) is 19.6. The van der Waals surface area contributed by atoms with Crippen molar-refractivity contribution in [3.8, 4) is 5.75 Å². The third-order valence-electron chi connectivity index (χ3n) is 6.18. The highest BCUT2D eigenvalue weighted by Gasteiger charge is 2.35. The van der Waals surface area contributed by atoms with Gasteiger partial charge in [-0.2, -0.15) is 4.31 Å². The molecule has 0 aliphatic carbocycles. The molecular weight excluding hydrogens is 464 g/mol. The Morgan fingerprint density at radius 3 is 2.59 bits per heavy atom. The van der Waals surface area contributed by atoms with Gasteiger partial charge in [-0.25, -0.2) is 13.4 Å². The molecular formula is C21H26N6O6S. The molecule has 12 nitrogen and oxygen atoms in total. The molecule has 2 aromatic rings. The van der Waals surface area contributed by atoms with E-state index < -0.39 is 20.6 Å². The van der Waals surface area contributed by atoms with E-state index in [1.165, 1.54) is 23.5 Å². The van der Waals surface area contributed by atoms with Gasteiger partial charge in [0.15, 0.2) is 5.75 Å². The molecule has 2 aliphatic rings. The number of piperazine rings is 1. The van der Waals surface area contributed by atoms with Crippen molar-refractivity contribution in [3.05, 3.63) is 46.9 Å². The number of methoxy groups -OCH3 is 1. The van der Waals surface area contributed by atoms with Crippen LogP contribution < -0.4 is 9.64 Å². The predicted molar refractivity (Wildman–Crippen MR) is 122 cm³/mol. The Bertz CT molecular complexity index is 1150. The third kappa shape index (κ3) is 4.80. The number of nitro benzene ring substituents is 1. The number of amides is 1. The second kappa shape index (κ2) is 9.89. The number of benzene rings is 1. The molecule has 34 heavy (non-hydrogen) atoms. The molecule has 13 heteroatoms. The fraction of sp³-hybridized carbons (Fsp3) is 0.476. The van der Waals surface area contributed by atoms with Crippen LogP contribution >= 0.6 is 0 Å². The summed E-state index contributed by atoms with van der Waals surface area (Å²) in [7, 11) is -2.67. The van der Waals surface area contributed by atoms with Gasteiger partial charge in [0.2, 0.25) is 15.9 Å². The Morgan fingerprint density at radius 1 is 1.18 bits per heavy atom. The molecule has 2 fully saturated rings. The number of carbonyl (C=O) groups excluding carboxylic acids is 1. The van der Waals surface area contributed by atoms with Crippen LogP contribution in [0, 0.1) is 16.0 Å². The van der Waals surface area contributed by atoms with Gasteiger partial charge in [-0.15, -0.1) is 0 Å². The summed E-state index contributed by atoms with van der Waals surface area (Å²) >= 11 is 0. The van der Waals surface area contributed by atoms with Crippen LogP contribution in [0.3, 0.4) is 0 Å². The number of sulfonamides is 1. The molecule has 3 heterocycles. The van der Waals surface area contributed by atoms with Crippen molar-refractivity contribution in [2.24, 2.45) is 5.92 Å². The zero-order chi connectivity index (χ0) is 24.3. The second-order valence-electron chi connectivity index (χ2n) is 8.17. The lowest BCUT2D eigenvalue weighted by atomic mass is 9.96. The van der Waals surface area contributed by atoms with Crippen LogP contribution in [0.15, 0.2) is 41.7 Å². The lowest BCUT2D eigenvalue weighted by Crippen LogP contribution is -2.53. The fourth-order valence-corrected chi connectivity index (χ4v) is 5.81. The summed E-state index contributed by atoms with van der Waals surface area (Å²) < 4.78 is 32.4. The molecule has 1 amide bonds. The molecule has 2 saturated heterocycles. The number of rotatable bonds is 6. The maximum Gasteiger partial charge on any atom is 0.312 e. The molecule has 0 saturated carbocycles. The number of nitrogens with zero attached hydrogens (tertiary/aromatic N) is 6. The van der Waals surface area contributed by atoms with Gasteiger partial charge in [0.1, 0.15) is 5.82 Å². The quantitative estimate of drug-likeness (QED) is 0.431. The summed E-state index contributed by atoms with van der Waals surface area (Å²) in [6.07, 6.45) is 6.53. The monoisotopic (exact) mass is 490 g/mol. The highest BCUT2D eigenvalue weighted by atomic mass is 32.2. The van der Waals surface area contributed by atoms with Crippen molar-refractivity contribution in [2.45, 2.75) is 17.7 Å².